The molecule has 4 nitrogen and oxygen atoms in total. The van der Waals surface area contributed by atoms with Crippen molar-refractivity contribution in [3.8, 4) is 0 Å². The van der Waals surface area contributed by atoms with Gasteiger partial charge in [-0.3, -0.25) is 4.98 Å². The van der Waals surface area contributed by atoms with Crippen molar-refractivity contribution >= 4 is 11.6 Å². The van der Waals surface area contributed by atoms with E-state index in [0.717, 1.165) is 18.2 Å². The fourth-order valence-corrected chi connectivity index (χ4v) is 1.41. The minimum absolute atomic E-state index is 0.446. The van der Waals surface area contributed by atoms with Crippen molar-refractivity contribution in [3.63, 3.8) is 0 Å². The van der Waals surface area contributed by atoms with E-state index >= 15 is 0 Å². The van der Waals surface area contributed by atoms with Crippen LogP contribution in [0.5, 0.6) is 0 Å². The van der Waals surface area contributed by atoms with Gasteiger partial charge in [0, 0.05) is 19.6 Å². The van der Waals surface area contributed by atoms with Crippen LogP contribution in [0.15, 0.2) is 12.4 Å². The van der Waals surface area contributed by atoms with Gasteiger partial charge in [-0.15, -0.1) is 0 Å². The lowest BCUT2D eigenvalue weighted by Crippen LogP contribution is -2.31. The van der Waals surface area contributed by atoms with E-state index in [0.29, 0.717) is 6.04 Å². The number of aromatic nitrogens is 2. The summed E-state index contributed by atoms with van der Waals surface area (Å²) in [4.78, 5) is 10.8. The number of anilines is 2. The van der Waals surface area contributed by atoms with Gasteiger partial charge in [-0.25, -0.2) is 4.98 Å². The summed E-state index contributed by atoms with van der Waals surface area (Å²) in [5.41, 5.74) is 0. The molecule has 0 atom stereocenters. The summed E-state index contributed by atoms with van der Waals surface area (Å²) in [5, 5.41) is 2.98. The topological polar surface area (TPSA) is 41.1 Å². The lowest BCUT2D eigenvalue weighted by molar-refractivity contribution is 0.692. The number of hydrogen-bond donors (Lipinski definition) is 1. The molecule has 1 heterocycles. The highest BCUT2D eigenvalue weighted by Gasteiger charge is 2.09. The number of rotatable bonds is 4. The van der Waals surface area contributed by atoms with Crippen LogP contribution in [-0.2, 0) is 0 Å². The summed E-state index contributed by atoms with van der Waals surface area (Å²) in [5.74, 6) is 1.73. The highest BCUT2D eigenvalue weighted by molar-refractivity contribution is 5.43. The number of hydrogen-bond acceptors (Lipinski definition) is 4. The third kappa shape index (κ3) is 2.34. The van der Waals surface area contributed by atoms with Crippen LogP contribution in [0.4, 0.5) is 11.6 Å². The van der Waals surface area contributed by atoms with Crippen molar-refractivity contribution in [1.29, 1.82) is 0 Å². The molecule has 4 heteroatoms. The Balaban J connectivity index is 2.92. The van der Waals surface area contributed by atoms with Crippen molar-refractivity contribution in [2.75, 3.05) is 23.8 Å². The monoisotopic (exact) mass is 194 g/mol. The first-order valence-electron chi connectivity index (χ1n) is 4.95. The molecule has 0 aliphatic carbocycles. The molecule has 0 amide bonds. The molecule has 14 heavy (non-hydrogen) atoms. The summed E-state index contributed by atoms with van der Waals surface area (Å²) in [6, 6.07) is 0.446. The van der Waals surface area contributed by atoms with E-state index in [1.54, 1.807) is 12.4 Å². The zero-order valence-corrected chi connectivity index (χ0v) is 9.28. The van der Waals surface area contributed by atoms with Crippen LogP contribution in [0.3, 0.4) is 0 Å². The van der Waals surface area contributed by atoms with Crippen molar-refractivity contribution in [2.24, 2.45) is 0 Å². The standard InChI is InChI=1S/C10H18N4/c1-5-14(8(2)3)10-7-12-6-9(11-4)13-10/h6-8H,5H2,1-4H3,(H,11,13). The Labute approximate surface area is 85.4 Å². The van der Waals surface area contributed by atoms with Crippen LogP contribution in [0.25, 0.3) is 0 Å². The van der Waals surface area contributed by atoms with E-state index in [-0.39, 0.29) is 0 Å². The van der Waals surface area contributed by atoms with Gasteiger partial charge < -0.3 is 10.2 Å². The van der Waals surface area contributed by atoms with Crippen molar-refractivity contribution in [2.45, 2.75) is 26.8 Å². The highest BCUT2D eigenvalue weighted by atomic mass is 15.2. The normalized spacial score (nSPS) is 10.4. The maximum absolute atomic E-state index is 4.44. The fraction of sp³-hybridized carbons (Fsp3) is 0.600. The molecule has 0 saturated carbocycles. The molecule has 0 unspecified atom stereocenters. The predicted octanol–water partition coefficient (Wildman–Crippen LogP) is 1.75. The third-order valence-corrected chi connectivity index (χ3v) is 2.14. The Morgan fingerprint density at radius 3 is 2.64 bits per heavy atom. The SMILES string of the molecule is CCN(c1cncc(NC)n1)C(C)C. The van der Waals surface area contributed by atoms with Gasteiger partial charge in [-0.2, -0.15) is 0 Å². The van der Waals surface area contributed by atoms with Crippen LogP contribution in [-0.4, -0.2) is 29.6 Å². The van der Waals surface area contributed by atoms with Gasteiger partial charge in [0.1, 0.15) is 11.6 Å². The van der Waals surface area contributed by atoms with Crippen molar-refractivity contribution < 1.29 is 0 Å². The van der Waals surface area contributed by atoms with E-state index in [1.807, 2.05) is 7.05 Å². The molecule has 0 aromatic carbocycles. The summed E-state index contributed by atoms with van der Waals surface area (Å²) < 4.78 is 0. The van der Waals surface area contributed by atoms with Crippen LogP contribution in [0, 0.1) is 0 Å². The van der Waals surface area contributed by atoms with Crippen LogP contribution < -0.4 is 10.2 Å². The zero-order valence-electron chi connectivity index (χ0n) is 9.28. The molecule has 0 aliphatic heterocycles. The van der Waals surface area contributed by atoms with Gasteiger partial charge in [-0.1, -0.05) is 0 Å². The van der Waals surface area contributed by atoms with E-state index < -0.39 is 0 Å². The molecule has 1 N–H and O–H groups in total. The van der Waals surface area contributed by atoms with Crippen molar-refractivity contribution in [3.05, 3.63) is 12.4 Å². The molecule has 0 fully saturated rings. The first-order valence-corrected chi connectivity index (χ1v) is 4.95. The van der Waals surface area contributed by atoms with Crippen LogP contribution in [0.1, 0.15) is 20.8 Å². The zero-order chi connectivity index (χ0) is 10.6. The molecule has 1 aromatic rings. The summed E-state index contributed by atoms with van der Waals surface area (Å²) >= 11 is 0. The molecule has 0 radical (unpaired) electrons. The molecular weight excluding hydrogens is 176 g/mol. The average Bonchev–Trinajstić information content (AvgIpc) is 2.19. The second-order valence-corrected chi connectivity index (χ2v) is 3.39. The molecule has 78 valence electrons. The molecule has 1 aromatic heterocycles. The Kier molecular flexibility index (Phi) is 3.68. The average molecular weight is 194 g/mol. The van der Waals surface area contributed by atoms with Crippen LogP contribution >= 0.6 is 0 Å². The maximum atomic E-state index is 4.44. The van der Waals surface area contributed by atoms with E-state index in [4.69, 9.17) is 0 Å². The summed E-state index contributed by atoms with van der Waals surface area (Å²) in [6.07, 6.45) is 3.52. The van der Waals surface area contributed by atoms with Gasteiger partial charge >= 0.3 is 0 Å². The smallest absolute Gasteiger partial charge is 0.149 e. The second kappa shape index (κ2) is 4.79. The lowest BCUT2D eigenvalue weighted by atomic mass is 10.3. The van der Waals surface area contributed by atoms with Gasteiger partial charge in [-0.05, 0) is 20.8 Å². The molecule has 1 rings (SSSR count). The Bertz CT molecular complexity index is 285. The minimum Gasteiger partial charge on any atom is -0.372 e. The van der Waals surface area contributed by atoms with Gasteiger partial charge in [0.05, 0.1) is 12.4 Å². The number of nitrogens with one attached hydrogen (secondary N) is 1. The largest absolute Gasteiger partial charge is 0.372 e. The summed E-state index contributed by atoms with van der Waals surface area (Å²) in [7, 11) is 1.85. The lowest BCUT2D eigenvalue weighted by Gasteiger charge is -2.26. The van der Waals surface area contributed by atoms with E-state index in [9.17, 15) is 0 Å². The first kappa shape index (κ1) is 10.8. The van der Waals surface area contributed by atoms with Gasteiger partial charge in [0.25, 0.3) is 0 Å². The maximum Gasteiger partial charge on any atom is 0.149 e. The Hall–Kier alpha value is -1.32. The molecule has 0 aliphatic rings. The Morgan fingerprint density at radius 2 is 2.14 bits per heavy atom. The van der Waals surface area contributed by atoms with Gasteiger partial charge in [0.15, 0.2) is 0 Å². The van der Waals surface area contributed by atoms with E-state index in [2.05, 4.69) is 41.0 Å². The fourth-order valence-electron chi connectivity index (χ4n) is 1.41. The third-order valence-electron chi connectivity index (χ3n) is 2.14. The van der Waals surface area contributed by atoms with Gasteiger partial charge in [0.2, 0.25) is 0 Å². The molecule has 0 spiro atoms. The molecular formula is C10H18N4. The quantitative estimate of drug-likeness (QED) is 0.793. The van der Waals surface area contributed by atoms with Crippen molar-refractivity contribution in [1.82, 2.24) is 9.97 Å². The second-order valence-electron chi connectivity index (χ2n) is 3.39. The minimum atomic E-state index is 0.446. The highest BCUT2D eigenvalue weighted by Crippen LogP contribution is 2.14. The van der Waals surface area contributed by atoms with Crippen LogP contribution in [0.2, 0.25) is 0 Å². The predicted molar refractivity (Wildman–Crippen MR) is 59.7 cm³/mol. The first-order chi connectivity index (χ1) is 6.69. The number of nitrogens with zero attached hydrogens (tertiary/aromatic N) is 3. The molecule has 0 saturated heterocycles. The molecule has 0 bridgehead atoms. The van der Waals surface area contributed by atoms with E-state index in [1.165, 1.54) is 0 Å². The summed E-state index contributed by atoms with van der Waals surface area (Å²) in [6.45, 7) is 7.36. The Morgan fingerprint density at radius 1 is 1.43 bits per heavy atom.